The molecule has 3 heteroatoms. The van der Waals surface area contributed by atoms with Crippen molar-refractivity contribution >= 4 is 0 Å². The molecule has 0 saturated heterocycles. The summed E-state index contributed by atoms with van der Waals surface area (Å²) in [4.78, 5) is 0. The molecule has 1 atom stereocenters. The molecule has 0 saturated carbocycles. The Morgan fingerprint density at radius 1 is 1.10 bits per heavy atom. The van der Waals surface area contributed by atoms with E-state index in [1.807, 2.05) is 18.2 Å². The fourth-order valence-corrected chi connectivity index (χ4v) is 2.13. The van der Waals surface area contributed by atoms with Crippen LogP contribution in [0.25, 0.3) is 0 Å². The molecule has 0 aliphatic carbocycles. The molecule has 2 nitrogen and oxygen atoms in total. The third kappa shape index (κ3) is 4.05. The molecule has 0 radical (unpaired) electrons. The predicted molar refractivity (Wildman–Crippen MR) is 84.0 cm³/mol. The minimum atomic E-state index is -0.277. The number of benzene rings is 2. The number of ether oxygens (including phenoxy) is 1. The quantitative estimate of drug-likeness (QED) is 0.914. The van der Waals surface area contributed by atoms with Gasteiger partial charge in [-0.25, -0.2) is 4.39 Å². The standard InChI is InChI=1S/C18H22FNO/c1-18(2,3)14-5-4-6-16(11-14)21-17(12-20)13-7-9-15(19)10-8-13/h4-11,17H,12,20H2,1-3H3. The lowest BCUT2D eigenvalue weighted by atomic mass is 9.87. The summed E-state index contributed by atoms with van der Waals surface area (Å²) in [6.45, 7) is 6.82. The van der Waals surface area contributed by atoms with Gasteiger partial charge in [0.25, 0.3) is 0 Å². The van der Waals surface area contributed by atoms with Crippen LogP contribution in [0.2, 0.25) is 0 Å². The Kier molecular flexibility index (Phi) is 4.63. The van der Waals surface area contributed by atoms with Crippen LogP contribution < -0.4 is 10.5 Å². The highest BCUT2D eigenvalue weighted by atomic mass is 19.1. The molecule has 2 aromatic carbocycles. The van der Waals surface area contributed by atoms with E-state index in [1.54, 1.807) is 12.1 Å². The maximum Gasteiger partial charge on any atom is 0.136 e. The summed E-state index contributed by atoms with van der Waals surface area (Å²) in [7, 11) is 0. The fourth-order valence-electron chi connectivity index (χ4n) is 2.13. The third-order valence-corrected chi connectivity index (χ3v) is 3.43. The van der Waals surface area contributed by atoms with Crippen molar-refractivity contribution in [3.8, 4) is 5.75 Å². The molecule has 0 aliphatic heterocycles. The lowest BCUT2D eigenvalue weighted by Crippen LogP contribution is -2.19. The molecular weight excluding hydrogens is 265 g/mol. The van der Waals surface area contributed by atoms with Crippen molar-refractivity contribution < 1.29 is 9.13 Å². The smallest absolute Gasteiger partial charge is 0.136 e. The minimum Gasteiger partial charge on any atom is -0.484 e. The van der Waals surface area contributed by atoms with Crippen molar-refractivity contribution in [3.05, 3.63) is 65.5 Å². The highest BCUT2D eigenvalue weighted by Crippen LogP contribution is 2.28. The van der Waals surface area contributed by atoms with Gasteiger partial charge in [-0.15, -0.1) is 0 Å². The van der Waals surface area contributed by atoms with Gasteiger partial charge in [-0.2, -0.15) is 0 Å². The molecule has 1 unspecified atom stereocenters. The van der Waals surface area contributed by atoms with Gasteiger partial charge < -0.3 is 10.5 Å². The number of hydrogen-bond donors (Lipinski definition) is 1. The van der Waals surface area contributed by atoms with E-state index < -0.39 is 0 Å². The molecule has 0 fully saturated rings. The van der Waals surface area contributed by atoms with Crippen molar-refractivity contribution in [2.24, 2.45) is 5.73 Å². The van der Waals surface area contributed by atoms with E-state index in [0.717, 1.165) is 11.3 Å². The van der Waals surface area contributed by atoms with Crippen LogP contribution in [0.3, 0.4) is 0 Å². The first kappa shape index (κ1) is 15.5. The molecule has 21 heavy (non-hydrogen) atoms. The Morgan fingerprint density at radius 2 is 1.76 bits per heavy atom. The molecule has 0 aliphatic rings. The highest BCUT2D eigenvalue weighted by Gasteiger charge is 2.16. The molecular formula is C18H22FNO. The normalized spacial score (nSPS) is 13.0. The van der Waals surface area contributed by atoms with Crippen LogP contribution in [0, 0.1) is 5.82 Å². The molecule has 0 aromatic heterocycles. The molecule has 0 spiro atoms. The van der Waals surface area contributed by atoms with Gasteiger partial charge in [-0.05, 0) is 40.8 Å². The van der Waals surface area contributed by atoms with E-state index in [-0.39, 0.29) is 17.3 Å². The van der Waals surface area contributed by atoms with E-state index in [9.17, 15) is 4.39 Å². The van der Waals surface area contributed by atoms with Crippen LogP contribution >= 0.6 is 0 Å². The summed E-state index contributed by atoms with van der Waals surface area (Å²) in [5, 5.41) is 0. The Balaban J connectivity index is 2.21. The van der Waals surface area contributed by atoms with Crippen molar-refractivity contribution in [2.45, 2.75) is 32.3 Å². The first-order valence-electron chi connectivity index (χ1n) is 7.13. The lowest BCUT2D eigenvalue weighted by Gasteiger charge is -2.22. The number of halogens is 1. The molecule has 0 amide bonds. The van der Waals surface area contributed by atoms with Crippen molar-refractivity contribution in [1.29, 1.82) is 0 Å². The summed E-state index contributed by atoms with van der Waals surface area (Å²) in [5.74, 6) is 0.520. The van der Waals surface area contributed by atoms with Gasteiger partial charge in [0.05, 0.1) is 0 Å². The van der Waals surface area contributed by atoms with E-state index in [1.165, 1.54) is 17.7 Å². The van der Waals surface area contributed by atoms with Gasteiger partial charge in [0, 0.05) is 6.54 Å². The average Bonchev–Trinajstić information content (AvgIpc) is 2.45. The summed E-state index contributed by atoms with van der Waals surface area (Å²) in [5.41, 5.74) is 7.94. The van der Waals surface area contributed by atoms with Gasteiger partial charge in [0.1, 0.15) is 17.7 Å². The Morgan fingerprint density at radius 3 is 2.33 bits per heavy atom. The van der Waals surface area contributed by atoms with Crippen LogP contribution in [0.15, 0.2) is 48.5 Å². The van der Waals surface area contributed by atoms with Crippen molar-refractivity contribution in [1.82, 2.24) is 0 Å². The number of rotatable bonds is 4. The molecule has 112 valence electrons. The van der Waals surface area contributed by atoms with Gasteiger partial charge in [0.2, 0.25) is 0 Å². The van der Waals surface area contributed by atoms with Crippen molar-refractivity contribution in [3.63, 3.8) is 0 Å². The molecule has 0 bridgehead atoms. The SMILES string of the molecule is CC(C)(C)c1cccc(OC(CN)c2ccc(F)cc2)c1. The summed E-state index contributed by atoms with van der Waals surface area (Å²) in [6.07, 6.45) is -0.277. The maximum absolute atomic E-state index is 13.0. The topological polar surface area (TPSA) is 35.2 Å². The molecule has 2 aromatic rings. The predicted octanol–water partition coefficient (Wildman–Crippen LogP) is 4.20. The van der Waals surface area contributed by atoms with E-state index in [0.29, 0.717) is 6.54 Å². The van der Waals surface area contributed by atoms with Crippen LogP contribution in [-0.2, 0) is 5.41 Å². The first-order valence-corrected chi connectivity index (χ1v) is 7.13. The fraction of sp³-hybridized carbons (Fsp3) is 0.333. The second-order valence-electron chi connectivity index (χ2n) is 6.17. The second-order valence-corrected chi connectivity index (χ2v) is 6.17. The van der Waals surface area contributed by atoms with Gasteiger partial charge in [-0.1, -0.05) is 45.0 Å². The summed E-state index contributed by atoms with van der Waals surface area (Å²) < 4.78 is 19.0. The largest absolute Gasteiger partial charge is 0.484 e. The maximum atomic E-state index is 13.0. The van der Waals surface area contributed by atoms with Crippen LogP contribution in [0.4, 0.5) is 4.39 Å². The zero-order valence-corrected chi connectivity index (χ0v) is 12.8. The van der Waals surface area contributed by atoms with E-state index in [2.05, 4.69) is 26.8 Å². The van der Waals surface area contributed by atoms with Crippen LogP contribution in [0.5, 0.6) is 5.75 Å². The highest BCUT2D eigenvalue weighted by molar-refractivity contribution is 5.33. The minimum absolute atomic E-state index is 0.0630. The Bertz CT molecular complexity index is 587. The van der Waals surface area contributed by atoms with Crippen LogP contribution in [-0.4, -0.2) is 6.54 Å². The van der Waals surface area contributed by atoms with Gasteiger partial charge in [-0.3, -0.25) is 0 Å². The number of nitrogens with two attached hydrogens (primary N) is 1. The van der Waals surface area contributed by atoms with Crippen LogP contribution in [0.1, 0.15) is 38.0 Å². The summed E-state index contributed by atoms with van der Waals surface area (Å²) in [6, 6.07) is 14.3. The third-order valence-electron chi connectivity index (χ3n) is 3.43. The zero-order chi connectivity index (χ0) is 15.5. The summed E-state index contributed by atoms with van der Waals surface area (Å²) >= 11 is 0. The van der Waals surface area contributed by atoms with Crippen molar-refractivity contribution in [2.75, 3.05) is 6.54 Å². The molecule has 2 rings (SSSR count). The van der Waals surface area contributed by atoms with E-state index in [4.69, 9.17) is 10.5 Å². The van der Waals surface area contributed by atoms with Gasteiger partial charge >= 0.3 is 0 Å². The average molecular weight is 287 g/mol. The molecule has 0 heterocycles. The Hall–Kier alpha value is -1.87. The zero-order valence-electron chi connectivity index (χ0n) is 12.8. The lowest BCUT2D eigenvalue weighted by molar-refractivity contribution is 0.213. The Labute approximate surface area is 125 Å². The monoisotopic (exact) mass is 287 g/mol. The van der Waals surface area contributed by atoms with E-state index >= 15 is 0 Å². The first-order chi connectivity index (χ1) is 9.90. The van der Waals surface area contributed by atoms with Gasteiger partial charge in [0.15, 0.2) is 0 Å². The second kappa shape index (κ2) is 6.27. The molecule has 2 N–H and O–H groups in total. The number of hydrogen-bond acceptors (Lipinski definition) is 2.